The Hall–Kier alpha value is -3.21. The number of aromatic hydroxyl groups is 1. The minimum atomic E-state index is -0.712. The van der Waals surface area contributed by atoms with Crippen molar-refractivity contribution in [1.29, 1.82) is 0 Å². The van der Waals surface area contributed by atoms with Crippen molar-refractivity contribution >= 4 is 40.7 Å². The van der Waals surface area contributed by atoms with Crippen LogP contribution in [-0.4, -0.2) is 40.4 Å². The van der Waals surface area contributed by atoms with E-state index in [9.17, 15) is 24.8 Å². The number of nitro benzene ring substituents is 1. The number of amidine groups is 1. The van der Waals surface area contributed by atoms with Crippen LogP contribution in [0.2, 0.25) is 0 Å². The number of hydrogen-bond acceptors (Lipinski definition) is 9. The first kappa shape index (κ1) is 17.1. The average molecular weight is 350 g/mol. The van der Waals surface area contributed by atoms with Gasteiger partial charge in [0.1, 0.15) is 0 Å². The smallest absolute Gasteiger partial charge is 0.331 e. The fraction of sp³-hybridized carbons (Fsp3) is 0.0769. The molecule has 2 rings (SSSR count). The quantitative estimate of drug-likeness (QED) is 0.270. The number of ether oxygens (including phenoxy) is 1. The Balaban J connectivity index is 2.09. The molecule has 1 aromatic carbocycles. The molecule has 0 radical (unpaired) electrons. The minimum Gasteiger partial charge on any atom is -0.502 e. The topological polar surface area (TPSA) is 143 Å². The van der Waals surface area contributed by atoms with E-state index in [4.69, 9.17) is 0 Å². The van der Waals surface area contributed by atoms with Crippen LogP contribution < -0.4 is 5.32 Å². The van der Waals surface area contributed by atoms with Crippen molar-refractivity contribution in [2.24, 2.45) is 10.2 Å². The van der Waals surface area contributed by atoms with Gasteiger partial charge < -0.3 is 9.84 Å². The van der Waals surface area contributed by atoms with Gasteiger partial charge in [-0.15, -0.1) is 5.10 Å². The van der Waals surface area contributed by atoms with E-state index in [-0.39, 0.29) is 10.1 Å². The first-order valence-corrected chi connectivity index (χ1v) is 7.09. The van der Waals surface area contributed by atoms with Gasteiger partial charge in [-0.3, -0.25) is 20.2 Å². The second-order valence-corrected chi connectivity index (χ2v) is 5.27. The number of nitrogens with one attached hydrogen (secondary N) is 1. The summed E-state index contributed by atoms with van der Waals surface area (Å²) >= 11 is 0.904. The third-order valence-electron chi connectivity index (χ3n) is 2.65. The summed E-state index contributed by atoms with van der Waals surface area (Å²) in [5.41, 5.74) is -0.0447. The van der Waals surface area contributed by atoms with E-state index < -0.39 is 28.2 Å². The molecular formula is C13H10N4O6S. The Bertz CT molecular complexity index is 802. The first-order valence-electron chi connectivity index (χ1n) is 6.28. The van der Waals surface area contributed by atoms with Gasteiger partial charge >= 0.3 is 11.7 Å². The summed E-state index contributed by atoms with van der Waals surface area (Å²) in [5.74, 6) is -1.67. The zero-order valence-electron chi connectivity index (χ0n) is 12.1. The number of phenolic OH excluding ortho intramolecular Hbond substituents is 1. The van der Waals surface area contributed by atoms with Crippen molar-refractivity contribution < 1.29 is 24.4 Å². The van der Waals surface area contributed by atoms with Gasteiger partial charge in [-0.25, -0.2) is 4.79 Å². The highest BCUT2D eigenvalue weighted by Crippen LogP contribution is 2.26. The zero-order chi connectivity index (χ0) is 17.7. The molecule has 1 saturated heterocycles. The first-order chi connectivity index (χ1) is 11.4. The molecule has 0 aromatic heterocycles. The number of carbonyl (C=O) groups excluding carboxylic acids is 2. The van der Waals surface area contributed by atoms with Crippen LogP contribution in [-0.2, 0) is 14.3 Å². The van der Waals surface area contributed by atoms with Crippen molar-refractivity contribution in [1.82, 2.24) is 5.32 Å². The molecule has 1 aliphatic rings. The molecule has 24 heavy (non-hydrogen) atoms. The van der Waals surface area contributed by atoms with Crippen LogP contribution >= 0.6 is 11.8 Å². The number of methoxy groups -OCH3 is 1. The van der Waals surface area contributed by atoms with Crippen molar-refractivity contribution in [3.63, 3.8) is 0 Å². The standard InChI is InChI=1S/C13H10N4O6S/c1-23-11(19)5-10-12(20)15-13(24-10)16-14-6-7-2-3-8(17(21)22)9(18)4-7/h2-6,18H,1H3,(H,15,16,20)/b10-5+,14-6?. The maximum atomic E-state index is 11.6. The van der Waals surface area contributed by atoms with E-state index in [2.05, 4.69) is 20.3 Å². The highest BCUT2D eigenvalue weighted by Gasteiger charge is 2.25. The molecule has 0 unspecified atom stereocenters. The largest absolute Gasteiger partial charge is 0.502 e. The Morgan fingerprint density at radius 1 is 1.50 bits per heavy atom. The lowest BCUT2D eigenvalue weighted by molar-refractivity contribution is -0.385. The summed E-state index contributed by atoms with van der Waals surface area (Å²) in [6, 6.07) is 3.67. The van der Waals surface area contributed by atoms with E-state index in [0.29, 0.717) is 5.56 Å². The number of nitro groups is 1. The molecule has 0 saturated carbocycles. The monoisotopic (exact) mass is 350 g/mol. The fourth-order valence-corrected chi connectivity index (χ4v) is 2.30. The molecule has 1 fully saturated rings. The number of phenols is 1. The average Bonchev–Trinajstić information content (AvgIpc) is 2.86. The Morgan fingerprint density at radius 2 is 2.25 bits per heavy atom. The molecular weight excluding hydrogens is 340 g/mol. The summed E-state index contributed by atoms with van der Waals surface area (Å²) in [5, 5.41) is 30.1. The van der Waals surface area contributed by atoms with Crippen molar-refractivity contribution in [2.75, 3.05) is 7.11 Å². The van der Waals surface area contributed by atoms with Gasteiger partial charge in [0.05, 0.1) is 23.2 Å². The Labute approximate surface area is 139 Å². The van der Waals surface area contributed by atoms with Crippen LogP contribution in [0, 0.1) is 10.1 Å². The maximum absolute atomic E-state index is 11.6. The third kappa shape index (κ3) is 4.16. The molecule has 11 heteroatoms. The molecule has 0 bridgehead atoms. The number of carbonyl (C=O) groups is 2. The van der Waals surface area contributed by atoms with Crippen molar-refractivity contribution in [2.45, 2.75) is 0 Å². The van der Waals surface area contributed by atoms with Crippen LogP contribution in [0.3, 0.4) is 0 Å². The number of hydrogen-bond donors (Lipinski definition) is 2. The second-order valence-electron chi connectivity index (χ2n) is 4.24. The van der Waals surface area contributed by atoms with E-state index in [1.165, 1.54) is 19.4 Å². The number of amides is 1. The van der Waals surface area contributed by atoms with Crippen LogP contribution in [0.15, 0.2) is 39.4 Å². The fourth-order valence-electron chi connectivity index (χ4n) is 1.56. The van der Waals surface area contributed by atoms with Gasteiger partial charge in [0, 0.05) is 12.1 Å². The molecule has 1 aromatic rings. The van der Waals surface area contributed by atoms with Gasteiger partial charge in [-0.2, -0.15) is 5.10 Å². The van der Waals surface area contributed by atoms with E-state index >= 15 is 0 Å². The number of thioether (sulfide) groups is 1. The highest BCUT2D eigenvalue weighted by molar-refractivity contribution is 8.18. The van der Waals surface area contributed by atoms with Gasteiger partial charge in [0.25, 0.3) is 5.91 Å². The molecule has 0 spiro atoms. The van der Waals surface area contributed by atoms with Crippen molar-refractivity contribution in [3.8, 4) is 5.75 Å². The lowest BCUT2D eigenvalue weighted by Gasteiger charge is -1.96. The van der Waals surface area contributed by atoms with Crippen LogP contribution in [0.1, 0.15) is 5.56 Å². The molecule has 0 atom stereocenters. The van der Waals surface area contributed by atoms with E-state index in [0.717, 1.165) is 30.0 Å². The molecule has 1 amide bonds. The molecule has 10 nitrogen and oxygen atoms in total. The second kappa shape index (κ2) is 7.37. The van der Waals surface area contributed by atoms with Crippen molar-refractivity contribution in [3.05, 3.63) is 44.9 Å². The number of benzene rings is 1. The molecule has 124 valence electrons. The molecule has 1 aliphatic heterocycles. The minimum absolute atomic E-state index is 0.115. The van der Waals surface area contributed by atoms with Crippen LogP contribution in [0.25, 0.3) is 0 Å². The predicted octanol–water partition coefficient (Wildman–Crippen LogP) is 0.910. The molecule has 2 N–H and O–H groups in total. The Kier molecular flexibility index (Phi) is 5.27. The van der Waals surface area contributed by atoms with Crippen LogP contribution in [0.4, 0.5) is 5.69 Å². The number of esters is 1. The van der Waals surface area contributed by atoms with Gasteiger partial charge in [0.15, 0.2) is 10.9 Å². The summed E-state index contributed by atoms with van der Waals surface area (Å²) in [7, 11) is 1.19. The van der Waals surface area contributed by atoms with Crippen LogP contribution in [0.5, 0.6) is 5.75 Å². The predicted molar refractivity (Wildman–Crippen MR) is 85.6 cm³/mol. The maximum Gasteiger partial charge on any atom is 0.331 e. The summed E-state index contributed by atoms with van der Waals surface area (Å²) in [6.07, 6.45) is 2.27. The van der Waals surface area contributed by atoms with E-state index in [1.54, 1.807) is 0 Å². The summed E-state index contributed by atoms with van der Waals surface area (Å²) < 4.78 is 4.42. The van der Waals surface area contributed by atoms with Gasteiger partial charge in [-0.05, 0) is 29.5 Å². The Morgan fingerprint density at radius 3 is 2.88 bits per heavy atom. The third-order valence-corrected chi connectivity index (χ3v) is 3.55. The molecule has 0 aliphatic carbocycles. The normalized spacial score (nSPS) is 17.5. The van der Waals surface area contributed by atoms with Gasteiger partial charge in [0.2, 0.25) is 0 Å². The summed E-state index contributed by atoms with van der Waals surface area (Å²) in [4.78, 5) is 32.7. The lowest BCUT2D eigenvalue weighted by Crippen LogP contribution is -2.19. The molecule has 1 heterocycles. The lowest BCUT2D eigenvalue weighted by atomic mass is 10.2. The highest BCUT2D eigenvalue weighted by atomic mass is 32.2. The summed E-state index contributed by atoms with van der Waals surface area (Å²) in [6.45, 7) is 0. The zero-order valence-corrected chi connectivity index (χ0v) is 12.9. The van der Waals surface area contributed by atoms with Gasteiger partial charge in [-0.1, -0.05) is 0 Å². The van der Waals surface area contributed by atoms with E-state index in [1.807, 2.05) is 0 Å². The SMILES string of the molecule is COC(=O)/C=C1/S/C(=N\N=Cc2ccc([N+](=O)[O-])c(O)c2)NC1=O. The number of rotatable bonds is 4. The number of nitrogens with zero attached hydrogens (tertiary/aromatic N) is 3.